The highest BCUT2D eigenvalue weighted by molar-refractivity contribution is 7.11. The molecule has 0 aliphatic carbocycles. The monoisotopic (exact) mass is 566 g/mol. The molecule has 2 aromatic carbocycles. The van der Waals surface area contributed by atoms with Crippen molar-refractivity contribution in [3.8, 4) is 0 Å². The van der Waals surface area contributed by atoms with Crippen molar-refractivity contribution in [1.29, 1.82) is 0 Å². The molecule has 0 radical (unpaired) electrons. The predicted molar refractivity (Wildman–Crippen MR) is 143 cm³/mol. The molecule has 12 heteroatoms. The van der Waals surface area contributed by atoms with Crippen molar-refractivity contribution in [2.45, 2.75) is 12.3 Å². The van der Waals surface area contributed by atoms with Gasteiger partial charge in [0.2, 0.25) is 11.8 Å². The van der Waals surface area contributed by atoms with E-state index in [1.807, 2.05) is 35.2 Å². The summed E-state index contributed by atoms with van der Waals surface area (Å²) in [4.78, 5) is 26.5. The number of nitrogens with zero attached hydrogens (tertiary/aromatic N) is 6. The second-order valence-corrected chi connectivity index (χ2v) is 11.4. The molecule has 7 rings (SSSR count). The van der Waals surface area contributed by atoms with Crippen molar-refractivity contribution < 1.29 is 13.6 Å². The number of oxazole rings is 1. The number of amides is 1. The summed E-state index contributed by atoms with van der Waals surface area (Å²) in [5, 5.41) is 9.70. The van der Waals surface area contributed by atoms with E-state index in [-0.39, 0.29) is 17.2 Å². The lowest BCUT2D eigenvalue weighted by Gasteiger charge is -2.49. The summed E-state index contributed by atoms with van der Waals surface area (Å²) in [7, 11) is 0. The third-order valence-corrected chi connectivity index (χ3v) is 8.76. The third-order valence-electron chi connectivity index (χ3n) is 7.26. The third kappa shape index (κ3) is 4.03. The predicted octanol–water partition coefficient (Wildman–Crippen LogP) is 5.31. The minimum Gasteiger partial charge on any atom is -0.425 e. The van der Waals surface area contributed by atoms with E-state index in [4.69, 9.17) is 32.0 Å². The van der Waals surface area contributed by atoms with E-state index in [9.17, 15) is 4.79 Å². The van der Waals surface area contributed by atoms with E-state index >= 15 is 0 Å². The molecule has 38 heavy (non-hydrogen) atoms. The molecule has 0 bridgehead atoms. The highest BCUT2D eigenvalue weighted by atomic mass is 35.5. The summed E-state index contributed by atoms with van der Waals surface area (Å²) >= 11 is 13.6. The molecular formula is C26H20Cl2N6O3S. The molecule has 5 heterocycles. The molecular weight excluding hydrogens is 547 g/mol. The minimum absolute atomic E-state index is 0.0368. The van der Waals surface area contributed by atoms with E-state index in [1.54, 1.807) is 23.8 Å². The molecule has 5 aromatic rings. The topological polar surface area (TPSA) is 101 Å². The number of carbonyl (C=O) groups is 1. The Hall–Kier alpha value is -3.47. The Morgan fingerprint density at radius 2 is 1.95 bits per heavy atom. The van der Waals surface area contributed by atoms with Gasteiger partial charge in [0.25, 0.3) is 11.9 Å². The van der Waals surface area contributed by atoms with Crippen molar-refractivity contribution >= 4 is 57.6 Å². The molecule has 0 saturated carbocycles. The molecule has 1 atom stereocenters. The molecule has 9 nitrogen and oxygen atoms in total. The Labute approximate surface area is 231 Å². The number of fused-ring (bicyclic) bond motifs is 1. The fourth-order valence-electron chi connectivity index (χ4n) is 5.41. The van der Waals surface area contributed by atoms with E-state index in [2.05, 4.69) is 25.1 Å². The maximum atomic E-state index is 13.2. The fourth-order valence-corrected chi connectivity index (χ4v) is 6.32. The van der Waals surface area contributed by atoms with Gasteiger partial charge in [-0.3, -0.25) is 9.78 Å². The Kier molecular flexibility index (Phi) is 5.64. The number of hydrogen-bond acceptors (Lipinski definition) is 9. The van der Waals surface area contributed by atoms with Gasteiger partial charge in [-0.05, 0) is 29.8 Å². The number of rotatable bonds is 5. The molecule has 2 saturated heterocycles. The summed E-state index contributed by atoms with van der Waals surface area (Å²) < 4.78 is 12.2. The quantitative estimate of drug-likeness (QED) is 0.282. The van der Waals surface area contributed by atoms with Gasteiger partial charge in [0, 0.05) is 31.6 Å². The van der Waals surface area contributed by atoms with E-state index < -0.39 is 0 Å². The molecule has 1 amide bonds. The number of halogens is 2. The zero-order chi connectivity index (χ0) is 25.9. The van der Waals surface area contributed by atoms with Crippen LogP contribution in [0.2, 0.25) is 10.0 Å². The lowest BCUT2D eigenvalue weighted by Crippen LogP contribution is -2.60. The van der Waals surface area contributed by atoms with Crippen molar-refractivity contribution in [1.82, 2.24) is 25.1 Å². The second kappa shape index (κ2) is 9.07. The molecule has 1 spiro atoms. The smallest absolute Gasteiger partial charge is 0.298 e. The Balaban J connectivity index is 1.16. The summed E-state index contributed by atoms with van der Waals surface area (Å²) in [6, 6.07) is 13.7. The largest absolute Gasteiger partial charge is 0.425 e. The van der Waals surface area contributed by atoms with Crippen LogP contribution in [0.15, 0.2) is 63.0 Å². The van der Waals surface area contributed by atoms with Crippen LogP contribution in [0.4, 0.5) is 6.01 Å². The van der Waals surface area contributed by atoms with Crippen LogP contribution in [0.25, 0.3) is 11.1 Å². The second-order valence-electron chi connectivity index (χ2n) is 9.75. The first-order chi connectivity index (χ1) is 18.5. The first kappa shape index (κ1) is 23.6. The van der Waals surface area contributed by atoms with Crippen LogP contribution in [0, 0.1) is 5.41 Å². The molecule has 0 N–H and O–H groups in total. The number of aromatic nitrogens is 4. The van der Waals surface area contributed by atoms with Gasteiger partial charge in [-0.1, -0.05) is 41.4 Å². The maximum Gasteiger partial charge on any atom is 0.298 e. The van der Waals surface area contributed by atoms with Crippen LogP contribution in [-0.2, 0) is 6.42 Å². The van der Waals surface area contributed by atoms with Gasteiger partial charge in [0.05, 0.1) is 34.1 Å². The minimum atomic E-state index is -0.269. The van der Waals surface area contributed by atoms with Crippen LogP contribution < -0.4 is 4.90 Å². The first-order valence-electron chi connectivity index (χ1n) is 12.0. The Morgan fingerprint density at radius 1 is 1.08 bits per heavy atom. The molecule has 1 unspecified atom stereocenters. The highest BCUT2D eigenvalue weighted by Crippen LogP contribution is 2.50. The van der Waals surface area contributed by atoms with Gasteiger partial charge in [0.15, 0.2) is 5.58 Å². The van der Waals surface area contributed by atoms with Crippen LogP contribution in [0.5, 0.6) is 0 Å². The van der Waals surface area contributed by atoms with E-state index in [1.165, 1.54) is 11.3 Å². The first-order valence-corrected chi connectivity index (χ1v) is 13.7. The van der Waals surface area contributed by atoms with Gasteiger partial charge < -0.3 is 18.6 Å². The average Bonchev–Trinajstić information content (AvgIpc) is 3.69. The lowest BCUT2D eigenvalue weighted by atomic mass is 9.71. The van der Waals surface area contributed by atoms with Crippen LogP contribution in [0.3, 0.4) is 0 Å². The number of thiazole rings is 1. The fraction of sp³-hybridized carbons (Fsp3) is 0.269. The maximum absolute atomic E-state index is 13.2. The summed E-state index contributed by atoms with van der Waals surface area (Å²) in [6.45, 7) is 2.35. The molecule has 2 fully saturated rings. The normalized spacial score (nSPS) is 18.4. The highest BCUT2D eigenvalue weighted by Gasteiger charge is 2.58. The number of anilines is 1. The van der Waals surface area contributed by atoms with Crippen molar-refractivity contribution in [2.24, 2.45) is 5.41 Å². The van der Waals surface area contributed by atoms with Gasteiger partial charge in [-0.15, -0.1) is 21.5 Å². The molecule has 3 aromatic heterocycles. The number of hydrogen-bond donors (Lipinski definition) is 0. The van der Waals surface area contributed by atoms with Gasteiger partial charge in [-0.2, -0.15) is 4.98 Å². The van der Waals surface area contributed by atoms with Crippen LogP contribution in [0.1, 0.15) is 32.9 Å². The number of benzene rings is 2. The van der Waals surface area contributed by atoms with Gasteiger partial charge >= 0.3 is 0 Å². The van der Waals surface area contributed by atoms with E-state index in [0.29, 0.717) is 65.3 Å². The Morgan fingerprint density at radius 3 is 2.74 bits per heavy atom. The van der Waals surface area contributed by atoms with Gasteiger partial charge in [-0.25, -0.2) is 0 Å². The van der Waals surface area contributed by atoms with Crippen molar-refractivity contribution in [3.63, 3.8) is 0 Å². The van der Waals surface area contributed by atoms with Crippen molar-refractivity contribution in [2.75, 3.05) is 31.1 Å². The number of carbonyl (C=O) groups excluding carboxylic acids is 1. The molecule has 192 valence electrons. The SMILES string of the molecule is O=C(c1cncs1)N1CC(c2nnc(Cc3ccc(Cl)c(Cl)c3)o2)C2(C1)CN(c1nc3ccccc3o1)C2. The lowest BCUT2D eigenvalue weighted by molar-refractivity contribution is 0.0765. The van der Waals surface area contributed by atoms with Crippen LogP contribution in [-0.4, -0.2) is 57.2 Å². The summed E-state index contributed by atoms with van der Waals surface area (Å²) in [5.74, 6) is 0.841. The summed E-state index contributed by atoms with van der Waals surface area (Å²) in [5.41, 5.74) is 3.88. The van der Waals surface area contributed by atoms with Crippen molar-refractivity contribution in [3.05, 3.63) is 86.4 Å². The average molecular weight is 567 g/mol. The standard InChI is InChI=1S/C26H20Cl2N6O3S/c27-17-6-5-15(7-18(17)28)8-22-31-32-23(37-22)16-10-33(24(35)21-9-29-14-38-21)11-26(16)12-34(13-26)25-30-19-3-1-2-4-20(19)36-25/h1-7,9,14,16H,8,10-13H2. The van der Waals surface area contributed by atoms with E-state index in [0.717, 1.165) is 16.7 Å². The molecule has 2 aliphatic rings. The van der Waals surface area contributed by atoms with Crippen LogP contribution >= 0.6 is 34.5 Å². The van der Waals surface area contributed by atoms with Gasteiger partial charge in [0.1, 0.15) is 10.4 Å². The zero-order valence-electron chi connectivity index (χ0n) is 19.9. The number of para-hydroxylation sites is 2. The zero-order valence-corrected chi connectivity index (χ0v) is 22.2. The Bertz CT molecular complexity index is 1610. The number of likely N-dealkylation sites (tertiary alicyclic amines) is 1. The summed E-state index contributed by atoms with van der Waals surface area (Å²) in [6.07, 6.45) is 2.04. The molecule has 2 aliphatic heterocycles.